The number of aryl methyl sites for hydroxylation is 1. The molecule has 2 N–H and O–H groups in total. The van der Waals surface area contributed by atoms with Crippen LogP contribution in [0.15, 0.2) is 6.07 Å². The van der Waals surface area contributed by atoms with E-state index in [1.807, 2.05) is 0 Å². The molecule has 0 radical (unpaired) electrons. The Morgan fingerprint density at radius 3 is 2.75 bits per heavy atom. The molecule has 1 aromatic rings. The maximum atomic E-state index is 13.2. The molecule has 0 unspecified atom stereocenters. The lowest BCUT2D eigenvalue weighted by molar-refractivity contribution is -0.0523. The zero-order chi connectivity index (χ0) is 12.3. The number of nitrogens with one attached hydrogen (secondary N) is 1. The molecule has 0 saturated carbocycles. The van der Waals surface area contributed by atoms with Gasteiger partial charge < -0.3 is 5.11 Å². The van der Waals surface area contributed by atoms with E-state index in [-0.39, 0.29) is 12.2 Å². The number of amides is 1. The van der Waals surface area contributed by atoms with Gasteiger partial charge >= 0.3 is 0 Å². The van der Waals surface area contributed by atoms with Crippen molar-refractivity contribution in [1.29, 1.82) is 0 Å². The lowest BCUT2D eigenvalue weighted by Crippen LogP contribution is -2.33. The van der Waals surface area contributed by atoms with E-state index >= 15 is 0 Å². The second-order valence-corrected chi connectivity index (χ2v) is 5.28. The molecule has 1 amide bonds. The molecule has 0 atom stereocenters. The normalized spacial score (nSPS) is 11.6. The fraction of sp³-hybridized carbons (Fsp3) is 0.500. The van der Waals surface area contributed by atoms with Crippen LogP contribution in [-0.2, 0) is 4.84 Å². The van der Waals surface area contributed by atoms with Crippen molar-refractivity contribution >= 4 is 17.2 Å². The van der Waals surface area contributed by atoms with Crippen LogP contribution in [-0.4, -0.2) is 23.2 Å². The summed E-state index contributed by atoms with van der Waals surface area (Å²) in [5.41, 5.74) is 0.989. The Kier molecular flexibility index (Phi) is 4.01. The molecule has 1 rings (SSSR count). The molecule has 0 aliphatic heterocycles. The highest BCUT2D eigenvalue weighted by Gasteiger charge is 2.17. The van der Waals surface area contributed by atoms with E-state index in [1.54, 1.807) is 6.92 Å². The van der Waals surface area contributed by atoms with Crippen LogP contribution < -0.4 is 5.48 Å². The summed E-state index contributed by atoms with van der Waals surface area (Å²) in [6.45, 7) is 4.72. The summed E-state index contributed by atoms with van der Waals surface area (Å²) < 4.78 is 13.2. The predicted molar refractivity (Wildman–Crippen MR) is 58.7 cm³/mol. The van der Waals surface area contributed by atoms with Crippen molar-refractivity contribution in [2.75, 3.05) is 6.61 Å². The van der Waals surface area contributed by atoms with Gasteiger partial charge in [0.15, 0.2) is 5.13 Å². The minimum atomic E-state index is -1.05. The smallest absolute Gasteiger partial charge is 0.278 e. The Balaban J connectivity index is 2.51. The molecule has 0 aliphatic rings. The lowest BCUT2D eigenvalue weighted by Gasteiger charge is -2.16. The van der Waals surface area contributed by atoms with Gasteiger partial charge in [-0.25, -0.2) is 5.48 Å². The molecule has 0 spiro atoms. The van der Waals surface area contributed by atoms with Gasteiger partial charge in [0.1, 0.15) is 6.61 Å². The van der Waals surface area contributed by atoms with Crippen LogP contribution in [0.5, 0.6) is 0 Å². The molecular formula is C10H14FNO3S. The first-order valence-electron chi connectivity index (χ1n) is 4.70. The van der Waals surface area contributed by atoms with E-state index in [2.05, 4.69) is 5.48 Å². The Hall–Kier alpha value is -0.980. The van der Waals surface area contributed by atoms with Crippen LogP contribution in [0.2, 0.25) is 0 Å². The van der Waals surface area contributed by atoms with Gasteiger partial charge in [-0.1, -0.05) is 0 Å². The highest BCUT2D eigenvalue weighted by atomic mass is 32.1. The van der Waals surface area contributed by atoms with Gasteiger partial charge in [-0.05, 0) is 26.8 Å². The van der Waals surface area contributed by atoms with E-state index in [1.165, 1.54) is 19.9 Å². The Labute approximate surface area is 97.0 Å². The summed E-state index contributed by atoms with van der Waals surface area (Å²) in [7, 11) is 0. The summed E-state index contributed by atoms with van der Waals surface area (Å²) in [6, 6.07) is 1.45. The molecule has 6 heteroatoms. The predicted octanol–water partition coefficient (Wildman–Crippen LogP) is 1.63. The topological polar surface area (TPSA) is 58.6 Å². The maximum Gasteiger partial charge on any atom is 0.278 e. The van der Waals surface area contributed by atoms with Gasteiger partial charge in [-0.3, -0.25) is 9.63 Å². The van der Waals surface area contributed by atoms with Gasteiger partial charge in [-0.2, -0.15) is 4.39 Å². The molecule has 4 nitrogen and oxygen atoms in total. The SMILES string of the molecule is Cc1cc(C(=O)NOCC(C)(C)O)c(F)s1. The highest BCUT2D eigenvalue weighted by Crippen LogP contribution is 2.19. The van der Waals surface area contributed by atoms with E-state index in [0.717, 1.165) is 11.3 Å². The molecule has 90 valence electrons. The third kappa shape index (κ3) is 3.88. The van der Waals surface area contributed by atoms with Crippen LogP contribution in [0, 0.1) is 12.1 Å². The number of aliphatic hydroxyl groups is 1. The molecule has 0 saturated heterocycles. The Morgan fingerprint density at radius 2 is 2.31 bits per heavy atom. The fourth-order valence-corrected chi connectivity index (χ4v) is 1.69. The van der Waals surface area contributed by atoms with Gasteiger partial charge in [0.05, 0.1) is 11.2 Å². The minimum absolute atomic E-state index is 0.0433. The third-order valence-electron chi connectivity index (χ3n) is 1.64. The van der Waals surface area contributed by atoms with E-state index in [9.17, 15) is 14.3 Å². The van der Waals surface area contributed by atoms with Crippen LogP contribution in [0.3, 0.4) is 0 Å². The third-order valence-corrected chi connectivity index (χ3v) is 2.48. The van der Waals surface area contributed by atoms with Crippen molar-refractivity contribution in [3.63, 3.8) is 0 Å². The molecule has 0 fully saturated rings. The number of hydrogen-bond donors (Lipinski definition) is 2. The summed E-state index contributed by atoms with van der Waals surface area (Å²) in [5.74, 6) is -0.647. The first-order valence-corrected chi connectivity index (χ1v) is 5.52. The van der Waals surface area contributed by atoms with Crippen LogP contribution in [0.1, 0.15) is 29.1 Å². The number of rotatable bonds is 4. The molecule has 1 aromatic heterocycles. The van der Waals surface area contributed by atoms with Crippen LogP contribution in [0.25, 0.3) is 0 Å². The quantitative estimate of drug-likeness (QED) is 0.795. The molecule has 0 aliphatic carbocycles. The maximum absolute atomic E-state index is 13.2. The fourth-order valence-electron chi connectivity index (χ4n) is 0.974. The van der Waals surface area contributed by atoms with Crippen molar-refractivity contribution in [1.82, 2.24) is 5.48 Å². The number of thiophene rings is 1. The van der Waals surface area contributed by atoms with Crippen LogP contribution >= 0.6 is 11.3 Å². The van der Waals surface area contributed by atoms with Gasteiger partial charge in [0.2, 0.25) is 0 Å². The first kappa shape index (κ1) is 13.1. The average Bonchev–Trinajstić information content (AvgIpc) is 2.43. The molecule has 0 aromatic carbocycles. The number of hydroxylamine groups is 1. The number of hydrogen-bond acceptors (Lipinski definition) is 4. The second-order valence-electron chi connectivity index (χ2n) is 4.08. The van der Waals surface area contributed by atoms with Gasteiger partial charge in [0, 0.05) is 4.88 Å². The highest BCUT2D eigenvalue weighted by molar-refractivity contribution is 7.10. The summed E-state index contributed by atoms with van der Waals surface area (Å²) in [5, 5.41) is 8.77. The van der Waals surface area contributed by atoms with Crippen molar-refractivity contribution in [2.45, 2.75) is 26.4 Å². The van der Waals surface area contributed by atoms with Crippen molar-refractivity contribution in [3.05, 3.63) is 21.6 Å². The number of halogens is 1. The molecule has 16 heavy (non-hydrogen) atoms. The standard InChI is InChI=1S/C10H14FNO3S/c1-6-4-7(8(11)16-6)9(13)12-15-5-10(2,3)14/h4,14H,5H2,1-3H3,(H,12,13). The number of carbonyl (C=O) groups is 1. The summed E-state index contributed by atoms with van der Waals surface area (Å²) in [6.07, 6.45) is 0. The molecule has 1 heterocycles. The second kappa shape index (κ2) is 4.90. The Bertz CT molecular complexity index is 384. The van der Waals surface area contributed by atoms with E-state index < -0.39 is 16.6 Å². The summed E-state index contributed by atoms with van der Waals surface area (Å²) in [4.78, 5) is 16.9. The largest absolute Gasteiger partial charge is 0.388 e. The van der Waals surface area contributed by atoms with E-state index in [4.69, 9.17) is 4.84 Å². The minimum Gasteiger partial charge on any atom is -0.388 e. The molecule has 0 bridgehead atoms. The number of carbonyl (C=O) groups excluding carboxylic acids is 1. The first-order chi connectivity index (χ1) is 7.29. The monoisotopic (exact) mass is 247 g/mol. The van der Waals surface area contributed by atoms with E-state index in [0.29, 0.717) is 4.88 Å². The zero-order valence-corrected chi connectivity index (χ0v) is 10.2. The van der Waals surface area contributed by atoms with Crippen molar-refractivity contribution in [2.24, 2.45) is 0 Å². The van der Waals surface area contributed by atoms with Crippen molar-refractivity contribution in [3.8, 4) is 0 Å². The van der Waals surface area contributed by atoms with Gasteiger partial charge in [-0.15, -0.1) is 11.3 Å². The van der Waals surface area contributed by atoms with Crippen molar-refractivity contribution < 1.29 is 19.1 Å². The zero-order valence-electron chi connectivity index (χ0n) is 9.33. The summed E-state index contributed by atoms with van der Waals surface area (Å²) >= 11 is 0.904. The molecular weight excluding hydrogens is 233 g/mol. The van der Waals surface area contributed by atoms with Gasteiger partial charge in [0.25, 0.3) is 5.91 Å². The average molecular weight is 247 g/mol. The lowest BCUT2D eigenvalue weighted by atomic mass is 10.2. The van der Waals surface area contributed by atoms with Crippen LogP contribution in [0.4, 0.5) is 4.39 Å². The Morgan fingerprint density at radius 1 is 1.69 bits per heavy atom.